The highest BCUT2D eigenvalue weighted by Crippen LogP contribution is 2.34. The summed E-state index contributed by atoms with van der Waals surface area (Å²) >= 11 is 0. The van der Waals surface area contributed by atoms with Crippen molar-refractivity contribution in [3.63, 3.8) is 0 Å². The molecule has 1 aliphatic rings. The van der Waals surface area contributed by atoms with Gasteiger partial charge in [-0.1, -0.05) is 30.3 Å². The lowest BCUT2D eigenvalue weighted by Crippen LogP contribution is -2.39. The molecule has 7 nitrogen and oxygen atoms in total. The standard InChI is InChI=1S/C15H17N5O2S/c1-19-11-17-18-15(19)23(21,22)20-9-5-8-14(20)13(10-16)12-6-3-2-4-7-12/h2-4,6-7,11,13-14H,5,8-9H2,1H3. The van der Waals surface area contributed by atoms with Crippen molar-refractivity contribution in [1.82, 2.24) is 19.1 Å². The smallest absolute Gasteiger partial charge is 0.279 e. The molecule has 1 saturated heterocycles. The molecular formula is C15H17N5O2S. The van der Waals surface area contributed by atoms with Gasteiger partial charge in [-0.05, 0) is 18.4 Å². The van der Waals surface area contributed by atoms with E-state index in [9.17, 15) is 13.7 Å². The molecule has 0 radical (unpaired) electrons. The van der Waals surface area contributed by atoms with E-state index in [-0.39, 0.29) is 11.2 Å². The first-order valence-corrected chi connectivity index (χ1v) is 8.80. The summed E-state index contributed by atoms with van der Waals surface area (Å²) in [5.41, 5.74) is 0.833. The van der Waals surface area contributed by atoms with Gasteiger partial charge in [0.25, 0.3) is 15.2 Å². The van der Waals surface area contributed by atoms with Gasteiger partial charge in [-0.25, -0.2) is 8.42 Å². The van der Waals surface area contributed by atoms with Gasteiger partial charge in [-0.15, -0.1) is 10.2 Å². The topological polar surface area (TPSA) is 91.9 Å². The molecule has 1 aromatic carbocycles. The Morgan fingerprint density at radius 2 is 2.09 bits per heavy atom. The number of nitrogens with zero attached hydrogens (tertiary/aromatic N) is 5. The second-order valence-corrected chi connectivity index (χ2v) is 7.35. The molecule has 0 aliphatic carbocycles. The summed E-state index contributed by atoms with van der Waals surface area (Å²) in [6, 6.07) is 11.2. The van der Waals surface area contributed by atoms with Crippen molar-refractivity contribution < 1.29 is 8.42 Å². The van der Waals surface area contributed by atoms with Crippen molar-refractivity contribution in [2.75, 3.05) is 6.54 Å². The van der Waals surface area contributed by atoms with Crippen LogP contribution in [0.2, 0.25) is 0 Å². The summed E-state index contributed by atoms with van der Waals surface area (Å²) in [6.07, 6.45) is 2.74. The summed E-state index contributed by atoms with van der Waals surface area (Å²) in [4.78, 5) is 0. The molecule has 2 aromatic rings. The fourth-order valence-electron chi connectivity index (χ4n) is 3.05. The summed E-state index contributed by atoms with van der Waals surface area (Å²) in [7, 11) is -2.17. The maximum atomic E-state index is 12.9. The van der Waals surface area contributed by atoms with Crippen molar-refractivity contribution in [1.29, 1.82) is 5.26 Å². The van der Waals surface area contributed by atoms with Crippen molar-refractivity contribution in [2.24, 2.45) is 7.05 Å². The number of hydrogen-bond acceptors (Lipinski definition) is 5. The molecule has 1 aliphatic heterocycles. The molecular weight excluding hydrogens is 314 g/mol. The second-order valence-electron chi connectivity index (χ2n) is 5.57. The van der Waals surface area contributed by atoms with Gasteiger partial charge in [0.1, 0.15) is 6.33 Å². The number of aryl methyl sites for hydroxylation is 1. The minimum atomic E-state index is -3.77. The molecule has 0 saturated carbocycles. The Morgan fingerprint density at radius 3 is 2.70 bits per heavy atom. The number of sulfonamides is 1. The first-order valence-electron chi connectivity index (χ1n) is 7.36. The van der Waals surface area contributed by atoms with Crippen LogP contribution in [0.5, 0.6) is 0 Å². The third-order valence-electron chi connectivity index (χ3n) is 4.14. The average Bonchev–Trinajstić information content (AvgIpc) is 3.19. The third kappa shape index (κ3) is 2.73. The zero-order chi connectivity index (χ0) is 16.4. The number of rotatable bonds is 4. The molecule has 2 unspecified atom stereocenters. The maximum Gasteiger partial charge on any atom is 0.279 e. The molecule has 2 atom stereocenters. The lowest BCUT2D eigenvalue weighted by Gasteiger charge is -2.27. The molecule has 120 valence electrons. The fraction of sp³-hybridized carbons (Fsp3) is 0.400. The quantitative estimate of drug-likeness (QED) is 0.841. The largest absolute Gasteiger partial charge is 0.306 e. The number of aromatic nitrogens is 3. The van der Waals surface area contributed by atoms with Crippen LogP contribution in [0.15, 0.2) is 41.8 Å². The van der Waals surface area contributed by atoms with Crippen LogP contribution < -0.4 is 0 Å². The van der Waals surface area contributed by atoms with Gasteiger partial charge in [0, 0.05) is 19.6 Å². The van der Waals surface area contributed by atoms with Crippen LogP contribution in [0.25, 0.3) is 0 Å². The summed E-state index contributed by atoms with van der Waals surface area (Å²) < 4.78 is 28.5. The van der Waals surface area contributed by atoms with Crippen molar-refractivity contribution in [2.45, 2.75) is 30.0 Å². The molecule has 3 rings (SSSR count). The molecule has 0 bridgehead atoms. The zero-order valence-electron chi connectivity index (χ0n) is 12.7. The Morgan fingerprint density at radius 1 is 1.35 bits per heavy atom. The minimum absolute atomic E-state index is 0.0887. The second kappa shape index (κ2) is 6.10. The molecule has 1 aromatic heterocycles. The van der Waals surface area contributed by atoms with E-state index >= 15 is 0 Å². The fourth-order valence-corrected chi connectivity index (χ4v) is 4.78. The molecule has 1 fully saturated rings. The van der Waals surface area contributed by atoms with Gasteiger partial charge < -0.3 is 4.57 Å². The van der Waals surface area contributed by atoms with Gasteiger partial charge in [-0.3, -0.25) is 0 Å². The van der Waals surface area contributed by atoms with Gasteiger partial charge in [0.2, 0.25) is 0 Å². The van der Waals surface area contributed by atoms with Gasteiger partial charge in [-0.2, -0.15) is 9.57 Å². The van der Waals surface area contributed by atoms with E-state index in [0.29, 0.717) is 13.0 Å². The van der Waals surface area contributed by atoms with Crippen LogP contribution in [0.3, 0.4) is 0 Å². The minimum Gasteiger partial charge on any atom is -0.306 e. The number of nitriles is 1. The highest BCUT2D eigenvalue weighted by Gasteiger charge is 2.42. The van der Waals surface area contributed by atoms with Crippen LogP contribution in [0.4, 0.5) is 0 Å². The lowest BCUT2D eigenvalue weighted by molar-refractivity contribution is 0.363. The first-order chi connectivity index (χ1) is 11.1. The van der Waals surface area contributed by atoms with E-state index < -0.39 is 15.9 Å². The van der Waals surface area contributed by atoms with Crippen molar-refractivity contribution >= 4 is 10.0 Å². The van der Waals surface area contributed by atoms with Gasteiger partial charge >= 0.3 is 0 Å². The summed E-state index contributed by atoms with van der Waals surface area (Å²) in [6.45, 7) is 0.394. The maximum absolute atomic E-state index is 12.9. The van der Waals surface area contributed by atoms with E-state index in [1.54, 1.807) is 7.05 Å². The van der Waals surface area contributed by atoms with Crippen LogP contribution in [-0.2, 0) is 17.1 Å². The van der Waals surface area contributed by atoms with E-state index in [4.69, 9.17) is 0 Å². The van der Waals surface area contributed by atoms with E-state index in [1.165, 1.54) is 15.2 Å². The van der Waals surface area contributed by atoms with Crippen LogP contribution in [-0.4, -0.2) is 40.1 Å². The van der Waals surface area contributed by atoms with E-state index in [1.807, 2.05) is 30.3 Å². The Bertz CT molecular complexity index is 825. The Kier molecular flexibility index (Phi) is 4.15. The number of benzene rings is 1. The monoisotopic (exact) mass is 331 g/mol. The Hall–Kier alpha value is -2.24. The molecule has 8 heteroatoms. The Labute approximate surface area is 135 Å². The first kappa shape index (κ1) is 15.6. The lowest BCUT2D eigenvalue weighted by atomic mass is 9.92. The van der Waals surface area contributed by atoms with Crippen LogP contribution >= 0.6 is 0 Å². The zero-order valence-corrected chi connectivity index (χ0v) is 13.5. The molecule has 0 amide bonds. The van der Waals surface area contributed by atoms with E-state index in [0.717, 1.165) is 12.0 Å². The van der Waals surface area contributed by atoms with Gasteiger partial charge in [0.15, 0.2) is 0 Å². The normalized spacial score (nSPS) is 20.3. The predicted molar refractivity (Wildman–Crippen MR) is 82.7 cm³/mol. The van der Waals surface area contributed by atoms with Crippen LogP contribution in [0, 0.1) is 11.3 Å². The third-order valence-corrected chi connectivity index (χ3v) is 6.04. The summed E-state index contributed by atoms with van der Waals surface area (Å²) in [5.74, 6) is -0.498. The SMILES string of the molecule is Cn1cnnc1S(=O)(=O)N1CCCC1C(C#N)c1ccccc1. The molecule has 2 heterocycles. The van der Waals surface area contributed by atoms with Crippen molar-refractivity contribution in [3.8, 4) is 6.07 Å². The summed E-state index contributed by atoms with van der Waals surface area (Å²) in [5, 5.41) is 16.9. The molecule has 0 spiro atoms. The van der Waals surface area contributed by atoms with Crippen molar-refractivity contribution in [3.05, 3.63) is 42.2 Å². The van der Waals surface area contributed by atoms with E-state index in [2.05, 4.69) is 16.3 Å². The van der Waals surface area contributed by atoms with Crippen LogP contribution in [0.1, 0.15) is 24.3 Å². The predicted octanol–water partition coefficient (Wildman–Crippen LogP) is 1.28. The number of hydrogen-bond donors (Lipinski definition) is 0. The highest BCUT2D eigenvalue weighted by molar-refractivity contribution is 7.89. The Balaban J connectivity index is 1.97. The van der Waals surface area contributed by atoms with Gasteiger partial charge in [0.05, 0.1) is 12.0 Å². The molecule has 0 N–H and O–H groups in total. The molecule has 23 heavy (non-hydrogen) atoms. The highest BCUT2D eigenvalue weighted by atomic mass is 32.2. The average molecular weight is 331 g/mol.